The number of aliphatic imine (C=N–C) groups is 1. The topological polar surface area (TPSA) is 55.3 Å². The summed E-state index contributed by atoms with van der Waals surface area (Å²) in [5.74, 6) is 2.50. The molecule has 168 valence electrons. The number of rotatable bonds is 5. The average Bonchev–Trinajstić information content (AvgIpc) is 2.79. The van der Waals surface area contributed by atoms with Crippen molar-refractivity contribution in [3.8, 4) is 5.75 Å². The number of ether oxygens (including phenoxy) is 3. The Balaban J connectivity index is 0.00000256. The normalized spacial score (nSPS) is 25.1. The van der Waals surface area contributed by atoms with Crippen molar-refractivity contribution in [1.29, 1.82) is 0 Å². The van der Waals surface area contributed by atoms with Gasteiger partial charge in [-0.3, -0.25) is 4.99 Å². The molecule has 6 nitrogen and oxygen atoms in total. The maximum Gasteiger partial charge on any atom is 0.193 e. The first-order valence-corrected chi connectivity index (χ1v) is 11.2. The minimum Gasteiger partial charge on any atom is -0.493 e. The van der Waals surface area contributed by atoms with Crippen LogP contribution in [0.1, 0.15) is 50.0 Å². The number of fused-ring (bicyclic) bond motifs is 1. The van der Waals surface area contributed by atoms with Crippen LogP contribution in [0.4, 0.5) is 0 Å². The maximum atomic E-state index is 6.15. The van der Waals surface area contributed by atoms with Crippen molar-refractivity contribution in [2.45, 2.75) is 56.7 Å². The summed E-state index contributed by atoms with van der Waals surface area (Å²) in [6.07, 6.45) is 7.40. The maximum absolute atomic E-state index is 6.15. The van der Waals surface area contributed by atoms with Gasteiger partial charge in [0.1, 0.15) is 5.75 Å². The van der Waals surface area contributed by atoms with Gasteiger partial charge in [-0.15, -0.1) is 24.0 Å². The van der Waals surface area contributed by atoms with Gasteiger partial charge in [0.2, 0.25) is 0 Å². The van der Waals surface area contributed by atoms with Gasteiger partial charge in [-0.2, -0.15) is 0 Å². The van der Waals surface area contributed by atoms with E-state index in [2.05, 4.69) is 33.4 Å². The third-order valence-corrected chi connectivity index (χ3v) is 6.33. The van der Waals surface area contributed by atoms with Crippen LogP contribution in [-0.2, 0) is 9.47 Å². The second kappa shape index (κ2) is 12.1. The molecule has 3 aliphatic heterocycles. The van der Waals surface area contributed by atoms with Gasteiger partial charge in [0.15, 0.2) is 5.96 Å². The molecule has 3 aliphatic rings. The minimum absolute atomic E-state index is 0. The molecule has 30 heavy (non-hydrogen) atoms. The van der Waals surface area contributed by atoms with Crippen molar-refractivity contribution in [3.05, 3.63) is 29.8 Å². The fourth-order valence-corrected chi connectivity index (χ4v) is 4.59. The summed E-state index contributed by atoms with van der Waals surface area (Å²) < 4.78 is 17.7. The van der Waals surface area contributed by atoms with Gasteiger partial charge in [-0.25, -0.2) is 0 Å². The quantitative estimate of drug-likeness (QED) is 0.358. The molecule has 0 aromatic heterocycles. The summed E-state index contributed by atoms with van der Waals surface area (Å²) in [6.45, 7) is 5.30. The predicted octanol–water partition coefficient (Wildman–Crippen LogP) is 3.80. The monoisotopic (exact) mass is 529 g/mol. The van der Waals surface area contributed by atoms with Crippen LogP contribution in [0.2, 0.25) is 0 Å². The second-order valence-electron chi connectivity index (χ2n) is 8.31. The number of hydrogen-bond acceptors (Lipinski definition) is 4. The second-order valence-corrected chi connectivity index (χ2v) is 8.31. The molecule has 3 heterocycles. The van der Waals surface area contributed by atoms with E-state index in [-0.39, 0.29) is 24.0 Å². The number of guanidine groups is 1. The summed E-state index contributed by atoms with van der Waals surface area (Å²) >= 11 is 0. The number of para-hydroxylation sites is 1. The summed E-state index contributed by atoms with van der Waals surface area (Å²) in [5, 5.41) is 3.61. The number of likely N-dealkylation sites (tertiary alicyclic amines) is 1. The van der Waals surface area contributed by atoms with Gasteiger partial charge in [0.05, 0.1) is 25.4 Å². The molecule has 0 radical (unpaired) electrons. The average molecular weight is 529 g/mol. The molecule has 1 aromatic rings. The van der Waals surface area contributed by atoms with Crippen molar-refractivity contribution in [1.82, 2.24) is 10.2 Å². The van der Waals surface area contributed by atoms with Crippen molar-refractivity contribution < 1.29 is 14.2 Å². The van der Waals surface area contributed by atoms with Gasteiger partial charge >= 0.3 is 0 Å². The van der Waals surface area contributed by atoms with Gasteiger partial charge in [0, 0.05) is 39.2 Å². The lowest BCUT2D eigenvalue weighted by Gasteiger charge is -2.35. The van der Waals surface area contributed by atoms with E-state index in [1.54, 1.807) is 0 Å². The molecule has 0 amide bonds. The number of nitrogens with zero attached hydrogens (tertiary/aromatic N) is 2. The molecule has 1 N–H and O–H groups in total. The van der Waals surface area contributed by atoms with Crippen LogP contribution in [0.15, 0.2) is 29.3 Å². The molecule has 0 aliphatic carbocycles. The number of hydrogen-bond donors (Lipinski definition) is 1. The van der Waals surface area contributed by atoms with Crippen molar-refractivity contribution >= 4 is 29.9 Å². The van der Waals surface area contributed by atoms with Crippen molar-refractivity contribution in [3.63, 3.8) is 0 Å². The molecule has 2 atom stereocenters. The molecule has 2 saturated heterocycles. The highest BCUT2D eigenvalue weighted by Crippen LogP contribution is 2.32. The summed E-state index contributed by atoms with van der Waals surface area (Å²) in [5.41, 5.74) is 1.30. The molecule has 0 spiro atoms. The van der Waals surface area contributed by atoms with Crippen molar-refractivity contribution in [2.75, 3.05) is 46.5 Å². The number of benzene rings is 1. The molecule has 2 unspecified atom stereocenters. The van der Waals surface area contributed by atoms with E-state index >= 15 is 0 Å². The first-order valence-electron chi connectivity index (χ1n) is 11.2. The van der Waals surface area contributed by atoms with E-state index in [9.17, 15) is 0 Å². The van der Waals surface area contributed by atoms with E-state index in [0.29, 0.717) is 18.1 Å². The minimum atomic E-state index is 0. The van der Waals surface area contributed by atoms with Crippen LogP contribution >= 0.6 is 24.0 Å². The third kappa shape index (κ3) is 6.23. The van der Waals surface area contributed by atoms with E-state index in [1.165, 1.54) is 18.4 Å². The van der Waals surface area contributed by atoms with Crippen LogP contribution < -0.4 is 10.1 Å². The molecule has 0 bridgehead atoms. The Morgan fingerprint density at radius 1 is 1.13 bits per heavy atom. The molecule has 4 rings (SSSR count). The summed E-state index contributed by atoms with van der Waals surface area (Å²) in [6, 6.07) is 8.39. The zero-order valence-electron chi connectivity index (χ0n) is 18.1. The Morgan fingerprint density at radius 3 is 2.73 bits per heavy atom. The number of halogens is 1. The van der Waals surface area contributed by atoms with E-state index in [1.807, 2.05) is 13.1 Å². The SMILES string of the molecule is CN=C(NCC1CCOc2ccccc21)N1CCC(OCC2CCCCO2)CC1.I. The zero-order chi connectivity index (χ0) is 19.9. The molecule has 1 aromatic carbocycles. The Morgan fingerprint density at radius 2 is 1.97 bits per heavy atom. The number of nitrogens with one attached hydrogen (secondary N) is 1. The fraction of sp³-hybridized carbons (Fsp3) is 0.696. The van der Waals surface area contributed by atoms with E-state index in [0.717, 1.165) is 76.8 Å². The van der Waals surface area contributed by atoms with E-state index < -0.39 is 0 Å². The van der Waals surface area contributed by atoms with E-state index in [4.69, 9.17) is 14.2 Å². The third-order valence-electron chi connectivity index (χ3n) is 6.33. The lowest BCUT2D eigenvalue weighted by atomic mass is 9.93. The first kappa shape index (κ1) is 23.6. The zero-order valence-corrected chi connectivity index (χ0v) is 20.4. The first-order chi connectivity index (χ1) is 14.3. The molecule has 7 heteroatoms. The van der Waals surface area contributed by atoms with Gasteiger partial charge < -0.3 is 24.4 Å². The van der Waals surface area contributed by atoms with Crippen LogP contribution in [0.5, 0.6) is 5.75 Å². The Labute approximate surface area is 197 Å². The van der Waals surface area contributed by atoms with Crippen LogP contribution in [0, 0.1) is 0 Å². The highest BCUT2D eigenvalue weighted by Gasteiger charge is 2.25. The fourth-order valence-electron chi connectivity index (χ4n) is 4.59. The van der Waals surface area contributed by atoms with Crippen LogP contribution in [0.3, 0.4) is 0 Å². The van der Waals surface area contributed by atoms with Crippen LogP contribution in [-0.4, -0.2) is 69.6 Å². The van der Waals surface area contributed by atoms with Crippen LogP contribution in [0.25, 0.3) is 0 Å². The standard InChI is InChI=1S/C23H35N3O3.HI/c1-24-23(25-16-18-11-15-28-22-8-3-2-7-21(18)22)26-12-9-19(10-13-26)29-17-20-6-4-5-14-27-20;/h2-3,7-8,18-20H,4-6,9-17H2,1H3,(H,24,25);1H. The molecular weight excluding hydrogens is 493 g/mol. The largest absolute Gasteiger partial charge is 0.493 e. The Kier molecular flexibility index (Phi) is 9.52. The Bertz CT molecular complexity index is 673. The smallest absolute Gasteiger partial charge is 0.193 e. The predicted molar refractivity (Wildman–Crippen MR) is 130 cm³/mol. The molecule has 0 saturated carbocycles. The summed E-state index contributed by atoms with van der Waals surface area (Å²) in [7, 11) is 1.88. The highest BCUT2D eigenvalue weighted by molar-refractivity contribution is 14.0. The van der Waals surface area contributed by atoms with Gasteiger partial charge in [-0.05, 0) is 50.2 Å². The highest BCUT2D eigenvalue weighted by atomic mass is 127. The lowest BCUT2D eigenvalue weighted by Crippen LogP contribution is -2.48. The van der Waals surface area contributed by atoms with Crippen molar-refractivity contribution in [2.24, 2.45) is 4.99 Å². The van der Waals surface area contributed by atoms with Gasteiger partial charge in [0.25, 0.3) is 0 Å². The molecule has 2 fully saturated rings. The molecular formula is C23H36IN3O3. The Hall–Kier alpha value is -1.06. The van der Waals surface area contributed by atoms with Gasteiger partial charge in [-0.1, -0.05) is 18.2 Å². The number of piperidine rings is 1. The lowest BCUT2D eigenvalue weighted by molar-refractivity contribution is -0.0721. The summed E-state index contributed by atoms with van der Waals surface area (Å²) in [4.78, 5) is 6.90.